The molecule has 2 heterocycles. The molecule has 4 aromatic rings. The number of nitrogens with one attached hydrogen (secondary N) is 1. The Morgan fingerprint density at radius 3 is 2.53 bits per heavy atom. The van der Waals surface area contributed by atoms with E-state index in [9.17, 15) is 4.79 Å². The molecule has 0 spiro atoms. The fourth-order valence-electron chi connectivity index (χ4n) is 3.55. The van der Waals surface area contributed by atoms with E-state index in [0.29, 0.717) is 30.2 Å². The Balaban J connectivity index is 1.32. The molecule has 0 saturated carbocycles. The van der Waals surface area contributed by atoms with Gasteiger partial charge in [0.25, 0.3) is 5.91 Å². The lowest BCUT2D eigenvalue weighted by Crippen LogP contribution is -2.25. The molecule has 0 radical (unpaired) electrons. The van der Waals surface area contributed by atoms with Crippen LogP contribution in [0.5, 0.6) is 11.5 Å². The van der Waals surface area contributed by atoms with E-state index in [0.717, 1.165) is 45.3 Å². The number of methoxy groups -OCH3 is 1. The van der Waals surface area contributed by atoms with Crippen molar-refractivity contribution in [1.82, 2.24) is 15.5 Å². The number of aromatic nitrogens is 2. The Kier molecular flexibility index (Phi) is 7.27. The molecule has 8 heteroatoms. The van der Waals surface area contributed by atoms with Gasteiger partial charge in [-0.15, -0.1) is 11.3 Å². The normalized spacial score (nSPS) is 10.8. The first-order valence-corrected chi connectivity index (χ1v) is 11.8. The second kappa shape index (κ2) is 10.5. The van der Waals surface area contributed by atoms with Gasteiger partial charge in [0.15, 0.2) is 11.5 Å². The molecule has 0 aliphatic rings. The molecule has 0 saturated heterocycles. The third-order valence-electron chi connectivity index (χ3n) is 5.55. The summed E-state index contributed by atoms with van der Waals surface area (Å²) in [7, 11) is 1.55. The average molecular weight is 478 g/mol. The number of aryl methyl sites for hydroxylation is 3. The zero-order valence-electron chi connectivity index (χ0n) is 19.7. The van der Waals surface area contributed by atoms with Crippen LogP contribution in [0.15, 0.2) is 52.4 Å². The summed E-state index contributed by atoms with van der Waals surface area (Å²) in [6, 6.07) is 13.4. The first-order valence-electron chi connectivity index (χ1n) is 11.0. The number of benzene rings is 2. The molecule has 2 aromatic carbocycles. The zero-order valence-corrected chi connectivity index (χ0v) is 20.5. The van der Waals surface area contributed by atoms with Crippen LogP contribution in [0.1, 0.15) is 37.9 Å². The SMILES string of the molecule is COc1cc(C(=O)NCCc2ccc(-c3csc(C)n3)cc2)ccc1OCc1c(C)noc1C. The molecule has 0 atom stereocenters. The van der Waals surface area contributed by atoms with Gasteiger partial charge in [0.1, 0.15) is 12.4 Å². The topological polar surface area (TPSA) is 86.5 Å². The molecule has 4 rings (SSSR count). The highest BCUT2D eigenvalue weighted by molar-refractivity contribution is 7.09. The van der Waals surface area contributed by atoms with Crippen LogP contribution >= 0.6 is 11.3 Å². The summed E-state index contributed by atoms with van der Waals surface area (Å²) < 4.78 is 16.5. The van der Waals surface area contributed by atoms with E-state index in [-0.39, 0.29) is 5.91 Å². The first-order chi connectivity index (χ1) is 16.4. The highest BCUT2D eigenvalue weighted by atomic mass is 32.1. The molecule has 2 aromatic heterocycles. The van der Waals surface area contributed by atoms with Gasteiger partial charge >= 0.3 is 0 Å². The van der Waals surface area contributed by atoms with Crippen molar-refractivity contribution < 1.29 is 18.8 Å². The molecule has 0 aliphatic heterocycles. The van der Waals surface area contributed by atoms with Crippen molar-refractivity contribution in [2.45, 2.75) is 33.8 Å². The lowest BCUT2D eigenvalue weighted by Gasteiger charge is -2.12. The number of hydrogen-bond donors (Lipinski definition) is 1. The number of thiazole rings is 1. The average Bonchev–Trinajstić information content (AvgIpc) is 3.42. The van der Waals surface area contributed by atoms with Gasteiger partial charge in [0.2, 0.25) is 0 Å². The largest absolute Gasteiger partial charge is 0.493 e. The lowest BCUT2D eigenvalue weighted by atomic mass is 10.1. The van der Waals surface area contributed by atoms with E-state index in [1.807, 2.05) is 20.8 Å². The van der Waals surface area contributed by atoms with Crippen LogP contribution in [-0.2, 0) is 13.0 Å². The van der Waals surface area contributed by atoms with Crippen LogP contribution in [0.2, 0.25) is 0 Å². The maximum absolute atomic E-state index is 12.7. The Bertz CT molecular complexity index is 1260. The summed E-state index contributed by atoms with van der Waals surface area (Å²) in [6.45, 7) is 6.56. The van der Waals surface area contributed by atoms with Gasteiger partial charge in [-0.3, -0.25) is 4.79 Å². The summed E-state index contributed by atoms with van der Waals surface area (Å²) in [4.78, 5) is 17.2. The molecule has 7 nitrogen and oxygen atoms in total. The maximum atomic E-state index is 12.7. The smallest absolute Gasteiger partial charge is 0.251 e. The van der Waals surface area contributed by atoms with Crippen LogP contribution in [0.4, 0.5) is 0 Å². The fraction of sp³-hybridized carbons (Fsp3) is 0.269. The number of hydrogen-bond acceptors (Lipinski definition) is 7. The summed E-state index contributed by atoms with van der Waals surface area (Å²) in [5, 5.41) is 10.0. The molecule has 0 unspecified atom stereocenters. The van der Waals surface area contributed by atoms with Crippen LogP contribution in [-0.4, -0.2) is 29.7 Å². The standard InChI is InChI=1S/C26H27N3O4S/c1-16-22(17(2)33-29-16)14-32-24-10-9-21(13-25(24)31-4)26(30)27-12-11-19-5-7-20(8-6-19)23-15-34-18(3)28-23/h5-10,13,15H,11-12,14H2,1-4H3,(H,27,30). The van der Waals surface area contributed by atoms with E-state index in [1.54, 1.807) is 36.6 Å². The van der Waals surface area contributed by atoms with E-state index in [1.165, 1.54) is 0 Å². The predicted molar refractivity (Wildman–Crippen MR) is 132 cm³/mol. The fourth-order valence-corrected chi connectivity index (χ4v) is 4.17. The maximum Gasteiger partial charge on any atom is 0.251 e. The zero-order chi connectivity index (χ0) is 24.1. The van der Waals surface area contributed by atoms with Crippen LogP contribution < -0.4 is 14.8 Å². The number of amides is 1. The van der Waals surface area contributed by atoms with E-state index in [4.69, 9.17) is 14.0 Å². The molecule has 0 aliphatic carbocycles. The van der Waals surface area contributed by atoms with Gasteiger partial charge in [-0.1, -0.05) is 29.4 Å². The van der Waals surface area contributed by atoms with Crippen molar-refractivity contribution in [3.8, 4) is 22.8 Å². The van der Waals surface area contributed by atoms with Crippen molar-refractivity contribution in [3.05, 3.63) is 81.0 Å². The first kappa shape index (κ1) is 23.5. The van der Waals surface area contributed by atoms with Gasteiger partial charge in [-0.05, 0) is 51.0 Å². The number of rotatable bonds is 9. The van der Waals surface area contributed by atoms with E-state index in [2.05, 4.69) is 45.1 Å². The molecule has 1 amide bonds. The van der Waals surface area contributed by atoms with E-state index >= 15 is 0 Å². The Morgan fingerprint density at radius 2 is 1.88 bits per heavy atom. The molecule has 0 bridgehead atoms. The summed E-state index contributed by atoms with van der Waals surface area (Å²) >= 11 is 1.64. The van der Waals surface area contributed by atoms with E-state index < -0.39 is 0 Å². The summed E-state index contributed by atoms with van der Waals surface area (Å²) in [5.41, 5.74) is 5.45. The number of carbonyl (C=O) groups is 1. The van der Waals surface area contributed by atoms with Crippen molar-refractivity contribution in [2.24, 2.45) is 0 Å². The lowest BCUT2D eigenvalue weighted by molar-refractivity contribution is 0.0953. The van der Waals surface area contributed by atoms with Gasteiger partial charge in [-0.2, -0.15) is 0 Å². The molecule has 34 heavy (non-hydrogen) atoms. The number of nitrogens with zero attached hydrogens (tertiary/aromatic N) is 2. The Hall–Kier alpha value is -3.65. The highest BCUT2D eigenvalue weighted by Crippen LogP contribution is 2.29. The summed E-state index contributed by atoms with van der Waals surface area (Å²) in [6.07, 6.45) is 0.734. The second-order valence-electron chi connectivity index (χ2n) is 7.91. The quantitative estimate of drug-likeness (QED) is 0.353. The third kappa shape index (κ3) is 5.46. The minimum atomic E-state index is -0.162. The van der Waals surface area contributed by atoms with Crippen molar-refractivity contribution in [3.63, 3.8) is 0 Å². The number of ether oxygens (including phenoxy) is 2. The highest BCUT2D eigenvalue weighted by Gasteiger charge is 2.14. The van der Waals surface area contributed by atoms with Gasteiger partial charge in [0.05, 0.1) is 29.1 Å². The monoisotopic (exact) mass is 477 g/mol. The molecular formula is C26H27N3O4S. The van der Waals surface area contributed by atoms with Gasteiger partial charge in [-0.25, -0.2) is 4.98 Å². The molecule has 176 valence electrons. The summed E-state index contributed by atoms with van der Waals surface area (Å²) in [5.74, 6) is 1.60. The molecule has 1 N–H and O–H groups in total. The third-order valence-corrected chi connectivity index (χ3v) is 6.32. The minimum Gasteiger partial charge on any atom is -0.493 e. The van der Waals surface area contributed by atoms with Gasteiger partial charge in [0, 0.05) is 23.1 Å². The molecule has 0 fully saturated rings. The van der Waals surface area contributed by atoms with Crippen molar-refractivity contribution in [1.29, 1.82) is 0 Å². The van der Waals surface area contributed by atoms with Gasteiger partial charge < -0.3 is 19.3 Å². The second-order valence-corrected chi connectivity index (χ2v) is 8.97. The van der Waals surface area contributed by atoms with Crippen LogP contribution in [0, 0.1) is 20.8 Å². The minimum absolute atomic E-state index is 0.162. The predicted octanol–water partition coefficient (Wildman–Crippen LogP) is 5.28. The Morgan fingerprint density at radius 1 is 1.09 bits per heavy atom. The van der Waals surface area contributed by atoms with Crippen LogP contribution in [0.3, 0.4) is 0 Å². The van der Waals surface area contributed by atoms with Crippen molar-refractivity contribution >= 4 is 17.2 Å². The van der Waals surface area contributed by atoms with Crippen molar-refractivity contribution in [2.75, 3.05) is 13.7 Å². The van der Waals surface area contributed by atoms with Crippen LogP contribution in [0.25, 0.3) is 11.3 Å². The Labute approximate surface area is 202 Å². The molecular weight excluding hydrogens is 450 g/mol. The number of carbonyl (C=O) groups excluding carboxylic acids is 1.